The molecule has 0 radical (unpaired) electrons. The van der Waals surface area contributed by atoms with Crippen LogP contribution in [0.25, 0.3) is 0 Å². The number of carbonyl (C=O) groups is 1. The van der Waals surface area contributed by atoms with Crippen LogP contribution in [0.5, 0.6) is 0 Å². The van der Waals surface area contributed by atoms with Crippen molar-refractivity contribution in [1.29, 1.82) is 0 Å². The maximum Gasteiger partial charge on any atom is 0.135 e. The van der Waals surface area contributed by atoms with Crippen molar-refractivity contribution in [2.75, 3.05) is 0 Å². The molecule has 2 heteroatoms. The monoisotopic (exact) mass is 167 g/mol. The first kappa shape index (κ1) is 9.30. The third-order valence-electron chi connectivity index (χ3n) is 2.76. The maximum absolute atomic E-state index is 11.2. The Kier molecular flexibility index (Phi) is 2.55. The third-order valence-corrected chi connectivity index (χ3v) is 2.76. The summed E-state index contributed by atoms with van der Waals surface area (Å²) in [5.41, 5.74) is 5.51. The fraction of sp³-hybridized carbons (Fsp3) is 0.700. The van der Waals surface area contributed by atoms with E-state index in [1.54, 1.807) is 6.20 Å². The van der Waals surface area contributed by atoms with E-state index in [2.05, 4.69) is 6.92 Å². The Labute approximate surface area is 73.8 Å². The van der Waals surface area contributed by atoms with Gasteiger partial charge in [-0.15, -0.1) is 0 Å². The summed E-state index contributed by atoms with van der Waals surface area (Å²) in [5, 5.41) is 0. The Hall–Kier alpha value is -0.790. The summed E-state index contributed by atoms with van der Waals surface area (Å²) in [6, 6.07) is 0. The highest BCUT2D eigenvalue weighted by molar-refractivity contribution is 5.81. The van der Waals surface area contributed by atoms with Crippen LogP contribution in [-0.2, 0) is 4.79 Å². The van der Waals surface area contributed by atoms with Crippen LogP contribution >= 0.6 is 0 Å². The SMILES string of the molecule is CC1CC(C)(/C=C/N)CCC1=O. The predicted octanol–water partition coefficient (Wildman–Crippen LogP) is 1.85. The second kappa shape index (κ2) is 3.30. The van der Waals surface area contributed by atoms with Gasteiger partial charge < -0.3 is 5.73 Å². The van der Waals surface area contributed by atoms with E-state index < -0.39 is 0 Å². The summed E-state index contributed by atoms with van der Waals surface area (Å²) < 4.78 is 0. The van der Waals surface area contributed by atoms with Crippen molar-refractivity contribution in [2.24, 2.45) is 17.1 Å². The zero-order chi connectivity index (χ0) is 9.19. The van der Waals surface area contributed by atoms with Gasteiger partial charge in [-0.1, -0.05) is 19.9 Å². The van der Waals surface area contributed by atoms with Crippen LogP contribution < -0.4 is 5.73 Å². The number of hydrogen-bond donors (Lipinski definition) is 1. The van der Waals surface area contributed by atoms with Gasteiger partial charge in [0, 0.05) is 12.3 Å². The van der Waals surface area contributed by atoms with E-state index in [0.29, 0.717) is 12.2 Å². The van der Waals surface area contributed by atoms with E-state index in [-0.39, 0.29) is 11.3 Å². The van der Waals surface area contributed by atoms with Gasteiger partial charge in [0.15, 0.2) is 0 Å². The highest BCUT2D eigenvalue weighted by atomic mass is 16.1. The summed E-state index contributed by atoms with van der Waals surface area (Å²) in [6.45, 7) is 4.17. The number of Topliss-reactive ketones (excluding diaryl/α,β-unsaturated/α-hetero) is 1. The molecule has 1 saturated carbocycles. The summed E-state index contributed by atoms with van der Waals surface area (Å²) in [7, 11) is 0. The Morgan fingerprint density at radius 1 is 1.67 bits per heavy atom. The van der Waals surface area contributed by atoms with Crippen molar-refractivity contribution in [3.05, 3.63) is 12.3 Å². The van der Waals surface area contributed by atoms with Gasteiger partial charge in [-0.05, 0) is 24.5 Å². The van der Waals surface area contributed by atoms with E-state index in [0.717, 1.165) is 12.8 Å². The van der Waals surface area contributed by atoms with Crippen molar-refractivity contribution in [3.8, 4) is 0 Å². The van der Waals surface area contributed by atoms with Gasteiger partial charge in [-0.3, -0.25) is 4.79 Å². The Bertz CT molecular complexity index is 210. The molecule has 1 aliphatic carbocycles. The molecule has 0 bridgehead atoms. The number of ketones is 1. The summed E-state index contributed by atoms with van der Waals surface area (Å²) in [6.07, 6.45) is 6.23. The van der Waals surface area contributed by atoms with E-state index in [9.17, 15) is 4.79 Å². The lowest BCUT2D eigenvalue weighted by molar-refractivity contribution is -0.125. The molecule has 0 aromatic rings. The van der Waals surface area contributed by atoms with Crippen LogP contribution in [0.15, 0.2) is 12.3 Å². The minimum atomic E-state index is 0.155. The van der Waals surface area contributed by atoms with Gasteiger partial charge in [0.05, 0.1) is 0 Å². The van der Waals surface area contributed by atoms with Crippen molar-refractivity contribution in [2.45, 2.75) is 33.1 Å². The highest BCUT2D eigenvalue weighted by Gasteiger charge is 2.32. The molecule has 0 spiro atoms. The number of allylic oxidation sites excluding steroid dienone is 1. The van der Waals surface area contributed by atoms with Crippen LogP contribution in [-0.4, -0.2) is 5.78 Å². The average Bonchev–Trinajstić information content (AvgIpc) is 1.98. The smallest absolute Gasteiger partial charge is 0.135 e. The lowest BCUT2D eigenvalue weighted by Crippen LogP contribution is -2.29. The molecule has 2 nitrogen and oxygen atoms in total. The third kappa shape index (κ3) is 1.87. The first-order valence-corrected chi connectivity index (χ1v) is 4.49. The number of nitrogens with two attached hydrogens (primary N) is 1. The molecule has 2 N–H and O–H groups in total. The summed E-state index contributed by atoms with van der Waals surface area (Å²) >= 11 is 0. The van der Waals surface area contributed by atoms with Gasteiger partial charge in [0.25, 0.3) is 0 Å². The molecule has 1 aliphatic rings. The molecule has 0 saturated heterocycles. The summed E-state index contributed by atoms with van der Waals surface area (Å²) in [4.78, 5) is 11.2. The zero-order valence-corrected chi connectivity index (χ0v) is 7.84. The van der Waals surface area contributed by atoms with E-state index in [4.69, 9.17) is 5.73 Å². The highest BCUT2D eigenvalue weighted by Crippen LogP contribution is 2.38. The maximum atomic E-state index is 11.2. The van der Waals surface area contributed by atoms with Gasteiger partial charge >= 0.3 is 0 Å². The van der Waals surface area contributed by atoms with Gasteiger partial charge in [0.1, 0.15) is 5.78 Å². The van der Waals surface area contributed by atoms with Crippen molar-refractivity contribution in [1.82, 2.24) is 0 Å². The molecule has 0 aromatic heterocycles. The van der Waals surface area contributed by atoms with Crippen LogP contribution in [0, 0.1) is 11.3 Å². The fourth-order valence-electron chi connectivity index (χ4n) is 1.95. The van der Waals surface area contributed by atoms with Gasteiger partial charge in [-0.25, -0.2) is 0 Å². The van der Waals surface area contributed by atoms with E-state index in [1.807, 2.05) is 13.0 Å². The lowest BCUT2D eigenvalue weighted by atomic mass is 9.71. The largest absolute Gasteiger partial charge is 0.405 e. The van der Waals surface area contributed by atoms with Crippen molar-refractivity contribution in [3.63, 3.8) is 0 Å². The van der Waals surface area contributed by atoms with Crippen LogP contribution in [0.1, 0.15) is 33.1 Å². The minimum Gasteiger partial charge on any atom is -0.405 e. The lowest BCUT2D eigenvalue weighted by Gasteiger charge is -2.33. The van der Waals surface area contributed by atoms with Crippen molar-refractivity contribution < 1.29 is 4.79 Å². The first-order valence-electron chi connectivity index (χ1n) is 4.49. The zero-order valence-electron chi connectivity index (χ0n) is 7.84. The predicted molar refractivity (Wildman–Crippen MR) is 49.5 cm³/mol. The fourth-order valence-corrected chi connectivity index (χ4v) is 1.95. The number of hydrogen-bond acceptors (Lipinski definition) is 2. The molecular formula is C10H17NO. The molecule has 0 heterocycles. The Morgan fingerprint density at radius 3 is 2.83 bits per heavy atom. The second-order valence-corrected chi connectivity index (χ2v) is 4.08. The Morgan fingerprint density at radius 2 is 2.33 bits per heavy atom. The molecular weight excluding hydrogens is 150 g/mol. The molecule has 0 aromatic carbocycles. The van der Waals surface area contributed by atoms with Crippen LogP contribution in [0.2, 0.25) is 0 Å². The molecule has 2 unspecified atom stereocenters. The molecule has 2 atom stereocenters. The average molecular weight is 167 g/mol. The topological polar surface area (TPSA) is 43.1 Å². The van der Waals surface area contributed by atoms with Crippen LogP contribution in [0.3, 0.4) is 0 Å². The second-order valence-electron chi connectivity index (χ2n) is 4.08. The van der Waals surface area contributed by atoms with Gasteiger partial charge in [-0.2, -0.15) is 0 Å². The molecule has 1 rings (SSSR count). The molecule has 0 aliphatic heterocycles. The standard InChI is InChI=1S/C10H17NO/c1-8-7-10(2,5-6-11)4-3-9(8)12/h5-6,8H,3-4,7,11H2,1-2H3/b6-5+. The molecule has 0 amide bonds. The number of rotatable bonds is 1. The van der Waals surface area contributed by atoms with Gasteiger partial charge in [0.2, 0.25) is 0 Å². The quantitative estimate of drug-likeness (QED) is 0.647. The molecule has 68 valence electrons. The first-order chi connectivity index (χ1) is 5.57. The molecule has 1 fully saturated rings. The normalized spacial score (nSPS) is 37.5. The Balaban J connectivity index is 2.66. The number of carbonyl (C=O) groups excluding carboxylic acids is 1. The van der Waals surface area contributed by atoms with E-state index >= 15 is 0 Å². The molecule has 12 heavy (non-hydrogen) atoms. The minimum absolute atomic E-state index is 0.155. The van der Waals surface area contributed by atoms with Crippen LogP contribution in [0.4, 0.5) is 0 Å². The van der Waals surface area contributed by atoms with E-state index in [1.165, 1.54) is 0 Å². The van der Waals surface area contributed by atoms with Crippen molar-refractivity contribution >= 4 is 5.78 Å². The summed E-state index contributed by atoms with van der Waals surface area (Å²) in [5.74, 6) is 0.609.